The molecule has 2 saturated heterocycles. The van der Waals surface area contributed by atoms with Gasteiger partial charge in [-0.25, -0.2) is 4.79 Å². The SMILES string of the molecule is O=c1cc(Cl)[nH]c(=O)n1C1CCN2CCCCC12. The summed E-state index contributed by atoms with van der Waals surface area (Å²) in [6.45, 7) is 2.06. The van der Waals surface area contributed by atoms with Gasteiger partial charge in [-0.2, -0.15) is 0 Å². The molecule has 5 nitrogen and oxygen atoms in total. The normalized spacial score (nSPS) is 28.3. The first-order valence-corrected chi connectivity index (χ1v) is 6.80. The molecule has 2 aliphatic rings. The van der Waals surface area contributed by atoms with Crippen LogP contribution >= 0.6 is 11.6 Å². The van der Waals surface area contributed by atoms with Crippen molar-refractivity contribution in [2.24, 2.45) is 0 Å². The van der Waals surface area contributed by atoms with Gasteiger partial charge in [0.25, 0.3) is 5.56 Å². The van der Waals surface area contributed by atoms with E-state index >= 15 is 0 Å². The summed E-state index contributed by atoms with van der Waals surface area (Å²) in [6, 6.07) is 1.62. The summed E-state index contributed by atoms with van der Waals surface area (Å²) in [6.07, 6.45) is 4.33. The standard InChI is InChI=1S/C12H16ClN3O2/c13-10-7-11(17)16(12(18)14-10)9-4-6-15-5-2-1-3-8(9)15/h7-9H,1-6H2,(H,14,18). The van der Waals surface area contributed by atoms with Crippen molar-refractivity contribution >= 4 is 11.6 Å². The van der Waals surface area contributed by atoms with Crippen LogP contribution in [0.5, 0.6) is 0 Å². The van der Waals surface area contributed by atoms with Gasteiger partial charge in [0.05, 0.1) is 6.04 Å². The van der Waals surface area contributed by atoms with Crippen molar-refractivity contribution in [1.82, 2.24) is 14.5 Å². The topological polar surface area (TPSA) is 58.1 Å². The molecule has 6 heteroatoms. The van der Waals surface area contributed by atoms with Crippen LogP contribution in [0, 0.1) is 0 Å². The maximum atomic E-state index is 12.0. The average Bonchev–Trinajstić information content (AvgIpc) is 2.72. The van der Waals surface area contributed by atoms with Gasteiger partial charge < -0.3 is 0 Å². The second-order valence-electron chi connectivity index (χ2n) is 5.09. The van der Waals surface area contributed by atoms with Gasteiger partial charge in [-0.05, 0) is 25.8 Å². The third kappa shape index (κ3) is 1.91. The number of aromatic amines is 1. The molecule has 1 aromatic heterocycles. The van der Waals surface area contributed by atoms with E-state index in [1.54, 1.807) is 0 Å². The lowest BCUT2D eigenvalue weighted by atomic mass is 9.99. The molecule has 2 unspecified atom stereocenters. The van der Waals surface area contributed by atoms with Crippen LogP contribution in [0.4, 0.5) is 0 Å². The van der Waals surface area contributed by atoms with Crippen molar-refractivity contribution in [1.29, 1.82) is 0 Å². The summed E-state index contributed by atoms with van der Waals surface area (Å²) in [4.78, 5) is 28.8. The lowest BCUT2D eigenvalue weighted by Crippen LogP contribution is -2.44. The lowest BCUT2D eigenvalue weighted by molar-refractivity contribution is 0.170. The highest BCUT2D eigenvalue weighted by Gasteiger charge is 2.37. The molecule has 98 valence electrons. The molecular weight excluding hydrogens is 254 g/mol. The Labute approximate surface area is 109 Å². The van der Waals surface area contributed by atoms with Gasteiger partial charge in [0.1, 0.15) is 5.15 Å². The molecule has 0 amide bonds. The second-order valence-corrected chi connectivity index (χ2v) is 5.49. The number of hydrogen-bond donors (Lipinski definition) is 1. The largest absolute Gasteiger partial charge is 0.329 e. The maximum absolute atomic E-state index is 12.0. The number of halogens is 1. The number of fused-ring (bicyclic) bond motifs is 1. The van der Waals surface area contributed by atoms with E-state index in [9.17, 15) is 9.59 Å². The minimum atomic E-state index is -0.384. The fourth-order valence-electron chi connectivity index (χ4n) is 3.31. The van der Waals surface area contributed by atoms with Gasteiger partial charge in [-0.3, -0.25) is 19.2 Å². The highest BCUT2D eigenvalue weighted by Crippen LogP contribution is 2.33. The van der Waals surface area contributed by atoms with E-state index in [1.807, 2.05) is 0 Å². The zero-order valence-corrected chi connectivity index (χ0v) is 10.8. The molecule has 0 bridgehead atoms. The average molecular weight is 270 g/mol. The Hall–Kier alpha value is -1.07. The second kappa shape index (κ2) is 4.55. The lowest BCUT2D eigenvalue weighted by Gasteiger charge is -2.32. The van der Waals surface area contributed by atoms with E-state index < -0.39 is 0 Å². The number of H-pyrrole nitrogens is 1. The van der Waals surface area contributed by atoms with Gasteiger partial charge in [-0.1, -0.05) is 18.0 Å². The Morgan fingerprint density at radius 1 is 1.17 bits per heavy atom. The minimum absolute atomic E-state index is 0.00110. The fourth-order valence-corrected chi connectivity index (χ4v) is 3.49. The van der Waals surface area contributed by atoms with Crippen LogP contribution < -0.4 is 11.2 Å². The van der Waals surface area contributed by atoms with Gasteiger partial charge in [-0.15, -0.1) is 0 Å². The zero-order chi connectivity index (χ0) is 12.7. The molecular formula is C12H16ClN3O2. The first-order chi connectivity index (χ1) is 8.66. The number of aromatic nitrogens is 2. The summed E-state index contributed by atoms with van der Waals surface area (Å²) in [5.74, 6) is 0. The molecule has 3 heterocycles. The molecule has 2 atom stereocenters. The summed E-state index contributed by atoms with van der Waals surface area (Å²) < 4.78 is 1.35. The van der Waals surface area contributed by atoms with Gasteiger partial charge in [0.2, 0.25) is 0 Å². The molecule has 1 N–H and O–H groups in total. The molecule has 18 heavy (non-hydrogen) atoms. The van der Waals surface area contributed by atoms with Crippen molar-refractivity contribution in [3.63, 3.8) is 0 Å². The summed E-state index contributed by atoms with van der Waals surface area (Å²) in [5.41, 5.74) is -0.675. The maximum Gasteiger partial charge on any atom is 0.329 e. The Bertz CT molecular complexity index is 534. The van der Waals surface area contributed by atoms with Crippen LogP contribution in [-0.2, 0) is 0 Å². The van der Waals surface area contributed by atoms with Crippen molar-refractivity contribution in [3.05, 3.63) is 32.1 Å². The van der Waals surface area contributed by atoms with Crippen LogP contribution in [0.15, 0.2) is 15.7 Å². The quantitative estimate of drug-likeness (QED) is 0.774. The van der Waals surface area contributed by atoms with E-state index in [4.69, 9.17) is 11.6 Å². The van der Waals surface area contributed by atoms with E-state index in [0.29, 0.717) is 6.04 Å². The Balaban J connectivity index is 2.01. The first kappa shape index (κ1) is 12.0. The van der Waals surface area contributed by atoms with Gasteiger partial charge >= 0.3 is 5.69 Å². The van der Waals surface area contributed by atoms with E-state index in [-0.39, 0.29) is 22.4 Å². The number of hydrogen-bond acceptors (Lipinski definition) is 3. The van der Waals surface area contributed by atoms with Crippen LogP contribution in [0.2, 0.25) is 5.15 Å². The highest BCUT2D eigenvalue weighted by molar-refractivity contribution is 6.29. The Morgan fingerprint density at radius 3 is 2.78 bits per heavy atom. The molecule has 2 fully saturated rings. The molecule has 0 saturated carbocycles. The van der Waals surface area contributed by atoms with E-state index in [2.05, 4.69) is 9.88 Å². The molecule has 0 aliphatic carbocycles. The first-order valence-electron chi connectivity index (χ1n) is 6.42. The van der Waals surface area contributed by atoms with Crippen LogP contribution in [0.3, 0.4) is 0 Å². The predicted octanol–water partition coefficient (Wildman–Crippen LogP) is 0.989. The monoisotopic (exact) mass is 269 g/mol. The summed E-state index contributed by atoms with van der Waals surface area (Å²) >= 11 is 5.69. The molecule has 0 aromatic carbocycles. The zero-order valence-electron chi connectivity index (χ0n) is 10.1. The van der Waals surface area contributed by atoms with Crippen molar-refractivity contribution < 1.29 is 0 Å². The molecule has 0 spiro atoms. The van der Waals surface area contributed by atoms with Crippen molar-refractivity contribution in [2.45, 2.75) is 37.8 Å². The number of rotatable bonds is 1. The van der Waals surface area contributed by atoms with E-state index in [1.165, 1.54) is 23.5 Å². The van der Waals surface area contributed by atoms with Crippen LogP contribution in [-0.4, -0.2) is 33.6 Å². The number of piperidine rings is 1. The predicted molar refractivity (Wildman–Crippen MR) is 69.2 cm³/mol. The minimum Gasteiger partial charge on any atom is -0.298 e. The third-order valence-electron chi connectivity index (χ3n) is 4.08. The summed E-state index contributed by atoms with van der Waals surface area (Å²) in [7, 11) is 0. The fraction of sp³-hybridized carbons (Fsp3) is 0.667. The Kier molecular flexibility index (Phi) is 3.03. The number of nitrogens with one attached hydrogen (secondary N) is 1. The number of nitrogens with zero attached hydrogens (tertiary/aromatic N) is 2. The van der Waals surface area contributed by atoms with Crippen molar-refractivity contribution in [3.8, 4) is 0 Å². The van der Waals surface area contributed by atoms with Gasteiger partial charge in [0.15, 0.2) is 0 Å². The third-order valence-corrected chi connectivity index (χ3v) is 4.29. The molecule has 3 rings (SSSR count). The molecule has 0 radical (unpaired) electrons. The smallest absolute Gasteiger partial charge is 0.298 e. The van der Waals surface area contributed by atoms with E-state index in [0.717, 1.165) is 25.9 Å². The Morgan fingerprint density at radius 2 is 2.00 bits per heavy atom. The molecule has 2 aliphatic heterocycles. The van der Waals surface area contributed by atoms with Crippen molar-refractivity contribution in [2.75, 3.05) is 13.1 Å². The highest BCUT2D eigenvalue weighted by atomic mass is 35.5. The van der Waals surface area contributed by atoms with Gasteiger partial charge in [0, 0.05) is 18.7 Å². The van der Waals surface area contributed by atoms with Crippen LogP contribution in [0.1, 0.15) is 31.7 Å². The van der Waals surface area contributed by atoms with Crippen LogP contribution in [0.25, 0.3) is 0 Å². The molecule has 1 aromatic rings. The summed E-state index contributed by atoms with van der Waals surface area (Å²) in [5, 5.41) is 0.111.